The Bertz CT molecular complexity index is 1030. The Morgan fingerprint density at radius 1 is 1.03 bits per heavy atom. The van der Waals surface area contributed by atoms with Crippen molar-refractivity contribution in [3.8, 4) is 6.07 Å². The molecule has 1 atom stereocenters. The van der Waals surface area contributed by atoms with Crippen LogP contribution in [0.3, 0.4) is 0 Å². The molecular weight excluding hydrogens is 442 g/mol. The number of nitriles is 1. The molecule has 0 saturated heterocycles. The molecule has 7 nitrogen and oxygen atoms in total. The summed E-state index contributed by atoms with van der Waals surface area (Å²) < 4.78 is 5.16. The maximum absolute atomic E-state index is 12.7. The van der Waals surface area contributed by atoms with Crippen LogP contribution in [-0.4, -0.2) is 29.9 Å². The van der Waals surface area contributed by atoms with Crippen molar-refractivity contribution in [3.05, 3.63) is 70.7 Å². The molecule has 0 radical (unpaired) electrons. The zero-order chi connectivity index (χ0) is 23.7. The molecule has 8 heteroatoms. The van der Waals surface area contributed by atoms with Crippen molar-refractivity contribution in [2.24, 2.45) is 0 Å². The quantitative estimate of drug-likeness (QED) is 0.568. The van der Waals surface area contributed by atoms with Gasteiger partial charge in [0.25, 0.3) is 11.8 Å². The summed E-state index contributed by atoms with van der Waals surface area (Å²) in [5.74, 6) is -1.58. The predicted molar refractivity (Wildman–Crippen MR) is 123 cm³/mol. The first-order chi connectivity index (χ1) is 15.9. The van der Waals surface area contributed by atoms with Crippen molar-refractivity contribution in [2.75, 3.05) is 6.61 Å². The number of nitrogens with zero attached hydrogens (tertiary/aromatic N) is 1. The van der Waals surface area contributed by atoms with E-state index in [-0.39, 0.29) is 6.42 Å². The Hall–Kier alpha value is -3.37. The summed E-state index contributed by atoms with van der Waals surface area (Å²) in [6.07, 6.45) is 3.79. The summed E-state index contributed by atoms with van der Waals surface area (Å²) in [6, 6.07) is 17.2. The average molecular weight is 468 g/mol. The van der Waals surface area contributed by atoms with Gasteiger partial charge in [0, 0.05) is 0 Å². The second kappa shape index (κ2) is 11.5. The largest absolute Gasteiger partial charge is 0.456 e. The van der Waals surface area contributed by atoms with Gasteiger partial charge >= 0.3 is 5.97 Å². The van der Waals surface area contributed by atoms with E-state index in [9.17, 15) is 19.6 Å². The fourth-order valence-electron chi connectivity index (χ4n) is 3.91. The smallest absolute Gasteiger partial charge is 0.308 e. The van der Waals surface area contributed by atoms with E-state index in [0.29, 0.717) is 29.0 Å². The molecule has 0 heterocycles. The number of nitrogens with one attached hydrogen (secondary N) is 2. The van der Waals surface area contributed by atoms with Crippen LogP contribution in [0.4, 0.5) is 0 Å². The van der Waals surface area contributed by atoms with Gasteiger partial charge in [0.1, 0.15) is 5.54 Å². The molecule has 0 aliphatic heterocycles. The number of halogens is 1. The highest BCUT2D eigenvalue weighted by Gasteiger charge is 2.33. The first-order valence-electron chi connectivity index (χ1n) is 10.9. The van der Waals surface area contributed by atoms with Crippen molar-refractivity contribution < 1.29 is 19.1 Å². The van der Waals surface area contributed by atoms with Gasteiger partial charge < -0.3 is 15.4 Å². The third-order valence-corrected chi connectivity index (χ3v) is 5.99. The molecule has 0 spiro atoms. The molecule has 2 aromatic rings. The molecule has 172 valence electrons. The predicted octanol–water partition coefficient (Wildman–Crippen LogP) is 4.09. The normalized spacial score (nSPS) is 15.5. The minimum Gasteiger partial charge on any atom is -0.456 e. The number of ether oxygens (including phenoxy) is 1. The van der Waals surface area contributed by atoms with E-state index in [1.165, 1.54) is 0 Å². The highest BCUT2D eigenvalue weighted by molar-refractivity contribution is 6.33. The first kappa shape index (κ1) is 24.3. The average Bonchev–Trinajstić information content (AvgIpc) is 2.83. The van der Waals surface area contributed by atoms with Crippen LogP contribution < -0.4 is 10.6 Å². The second-order valence-electron chi connectivity index (χ2n) is 8.08. The van der Waals surface area contributed by atoms with Crippen LogP contribution in [-0.2, 0) is 14.3 Å². The zero-order valence-corrected chi connectivity index (χ0v) is 18.9. The lowest BCUT2D eigenvalue weighted by Crippen LogP contribution is -2.50. The van der Waals surface area contributed by atoms with E-state index in [0.717, 1.165) is 19.3 Å². The molecule has 2 N–H and O–H groups in total. The fraction of sp³-hybridized carbons (Fsp3) is 0.360. The second-order valence-corrected chi connectivity index (χ2v) is 8.49. The number of carbonyl (C=O) groups is 3. The molecule has 1 fully saturated rings. The van der Waals surface area contributed by atoms with Crippen LogP contribution in [0.15, 0.2) is 54.6 Å². The molecular formula is C25H26ClN3O4. The summed E-state index contributed by atoms with van der Waals surface area (Å²) in [5, 5.41) is 15.3. The van der Waals surface area contributed by atoms with E-state index in [1.807, 2.05) is 6.07 Å². The Labute approximate surface area is 198 Å². The van der Waals surface area contributed by atoms with E-state index >= 15 is 0 Å². The van der Waals surface area contributed by atoms with Crippen molar-refractivity contribution in [2.45, 2.75) is 50.1 Å². The Kier molecular flexibility index (Phi) is 8.45. The fourth-order valence-corrected chi connectivity index (χ4v) is 4.14. The van der Waals surface area contributed by atoms with Crippen LogP contribution in [0.1, 0.15) is 60.5 Å². The number of esters is 1. The SMILES string of the molecule is N#CC1(NC(=O)COC(=O)CC(NC(=O)c2ccccc2Cl)c2ccccc2)CCCCC1. The third kappa shape index (κ3) is 6.80. The van der Waals surface area contributed by atoms with Gasteiger partial charge in [-0.3, -0.25) is 14.4 Å². The zero-order valence-electron chi connectivity index (χ0n) is 18.2. The molecule has 2 amide bonds. The third-order valence-electron chi connectivity index (χ3n) is 5.66. The Morgan fingerprint density at radius 2 is 1.70 bits per heavy atom. The molecule has 0 bridgehead atoms. The lowest BCUT2D eigenvalue weighted by molar-refractivity contribution is -0.149. The van der Waals surface area contributed by atoms with Gasteiger partial charge in [-0.25, -0.2) is 0 Å². The lowest BCUT2D eigenvalue weighted by atomic mass is 9.83. The molecule has 0 aromatic heterocycles. The molecule has 1 unspecified atom stereocenters. The van der Waals surface area contributed by atoms with Crippen molar-refractivity contribution in [1.29, 1.82) is 5.26 Å². The Morgan fingerprint density at radius 3 is 2.36 bits per heavy atom. The number of hydrogen-bond donors (Lipinski definition) is 2. The number of amides is 2. The molecule has 1 aliphatic carbocycles. The van der Waals surface area contributed by atoms with Gasteiger partial charge in [-0.1, -0.05) is 73.3 Å². The molecule has 1 aliphatic rings. The number of rotatable bonds is 8. The minimum atomic E-state index is -0.892. The topological polar surface area (TPSA) is 108 Å². The number of hydrogen-bond acceptors (Lipinski definition) is 5. The Balaban J connectivity index is 1.61. The highest BCUT2D eigenvalue weighted by atomic mass is 35.5. The molecule has 3 rings (SSSR count). The number of carbonyl (C=O) groups excluding carboxylic acids is 3. The summed E-state index contributed by atoms with van der Waals surface area (Å²) in [4.78, 5) is 37.6. The monoisotopic (exact) mass is 467 g/mol. The van der Waals surface area contributed by atoms with Crippen LogP contribution in [0, 0.1) is 11.3 Å². The van der Waals surface area contributed by atoms with Gasteiger partial charge in [-0.2, -0.15) is 5.26 Å². The molecule has 1 saturated carbocycles. The van der Waals surface area contributed by atoms with E-state index < -0.39 is 36.0 Å². The van der Waals surface area contributed by atoms with Gasteiger partial charge in [0.2, 0.25) is 0 Å². The molecule has 33 heavy (non-hydrogen) atoms. The number of benzene rings is 2. The lowest BCUT2D eigenvalue weighted by Gasteiger charge is -2.31. The van der Waals surface area contributed by atoms with E-state index in [4.69, 9.17) is 16.3 Å². The van der Waals surface area contributed by atoms with Gasteiger partial charge in [-0.05, 0) is 30.5 Å². The van der Waals surface area contributed by atoms with Crippen molar-refractivity contribution in [1.82, 2.24) is 10.6 Å². The molecule has 2 aromatic carbocycles. The maximum Gasteiger partial charge on any atom is 0.308 e. The maximum atomic E-state index is 12.7. The summed E-state index contributed by atoms with van der Waals surface area (Å²) in [5.41, 5.74) is 0.115. The van der Waals surface area contributed by atoms with E-state index in [1.54, 1.807) is 48.5 Å². The van der Waals surface area contributed by atoms with Gasteiger partial charge in [0.15, 0.2) is 6.61 Å². The highest BCUT2D eigenvalue weighted by Crippen LogP contribution is 2.27. The standard InChI is InChI=1S/C25H26ClN3O4/c26-20-12-6-5-11-19(20)24(32)28-21(18-9-3-1-4-10-18)15-23(31)33-16-22(30)29-25(17-27)13-7-2-8-14-25/h1,3-6,9-12,21H,2,7-8,13-16H2,(H,28,32)(H,29,30). The van der Waals surface area contributed by atoms with Crippen LogP contribution in [0.5, 0.6) is 0 Å². The van der Waals surface area contributed by atoms with Gasteiger partial charge in [0.05, 0.1) is 29.1 Å². The summed E-state index contributed by atoms with van der Waals surface area (Å²) >= 11 is 6.12. The van der Waals surface area contributed by atoms with Gasteiger partial charge in [-0.15, -0.1) is 0 Å². The summed E-state index contributed by atoms with van der Waals surface area (Å²) in [6.45, 7) is -0.484. The summed E-state index contributed by atoms with van der Waals surface area (Å²) in [7, 11) is 0. The van der Waals surface area contributed by atoms with Crippen LogP contribution in [0.25, 0.3) is 0 Å². The first-order valence-corrected chi connectivity index (χ1v) is 11.3. The van der Waals surface area contributed by atoms with Crippen LogP contribution in [0.2, 0.25) is 5.02 Å². The van der Waals surface area contributed by atoms with E-state index in [2.05, 4.69) is 16.7 Å². The minimum absolute atomic E-state index is 0.170. The van der Waals surface area contributed by atoms with Crippen LogP contribution >= 0.6 is 11.6 Å². The van der Waals surface area contributed by atoms with Crippen molar-refractivity contribution >= 4 is 29.4 Å². The van der Waals surface area contributed by atoms with Crippen molar-refractivity contribution in [3.63, 3.8) is 0 Å².